The van der Waals surface area contributed by atoms with Gasteiger partial charge in [-0.05, 0) is 37.7 Å². The molecule has 0 unspecified atom stereocenters. The van der Waals surface area contributed by atoms with Gasteiger partial charge in [0.2, 0.25) is 0 Å². The highest BCUT2D eigenvalue weighted by molar-refractivity contribution is 5.02. The van der Waals surface area contributed by atoms with E-state index in [2.05, 4.69) is 15.3 Å². The largest absolute Gasteiger partial charge is 0.396 e. The van der Waals surface area contributed by atoms with Crippen molar-refractivity contribution in [2.24, 2.45) is 5.41 Å². The molecule has 0 aliphatic heterocycles. The summed E-state index contributed by atoms with van der Waals surface area (Å²) in [5, 5.41) is 12.4. The van der Waals surface area contributed by atoms with Crippen molar-refractivity contribution < 1.29 is 5.11 Å². The van der Waals surface area contributed by atoms with Crippen LogP contribution in [0, 0.1) is 12.3 Å². The van der Waals surface area contributed by atoms with Gasteiger partial charge in [0.1, 0.15) is 5.82 Å². The molecule has 1 fully saturated rings. The van der Waals surface area contributed by atoms with Crippen LogP contribution in [0.3, 0.4) is 0 Å². The number of aliphatic hydroxyl groups is 1. The summed E-state index contributed by atoms with van der Waals surface area (Å²) in [5.41, 5.74) is 1.41. The van der Waals surface area contributed by atoms with Crippen molar-refractivity contribution in [1.82, 2.24) is 15.3 Å². The molecule has 2 N–H and O–H groups in total. The highest BCUT2D eigenvalue weighted by Crippen LogP contribution is 2.47. The van der Waals surface area contributed by atoms with E-state index in [-0.39, 0.29) is 0 Å². The predicted octanol–water partition coefficient (Wildman–Crippen LogP) is 1.04. The van der Waals surface area contributed by atoms with Crippen molar-refractivity contribution in [3.8, 4) is 0 Å². The van der Waals surface area contributed by atoms with Gasteiger partial charge in [0, 0.05) is 25.9 Å². The summed E-state index contributed by atoms with van der Waals surface area (Å²) in [6, 6.07) is 1.94. The highest BCUT2D eigenvalue weighted by Gasteiger charge is 2.41. The predicted molar refractivity (Wildman–Crippen MR) is 61.8 cm³/mol. The first-order valence-corrected chi connectivity index (χ1v) is 5.84. The van der Waals surface area contributed by atoms with E-state index in [9.17, 15) is 0 Å². The molecule has 1 heterocycles. The molecule has 4 nitrogen and oxygen atoms in total. The van der Waals surface area contributed by atoms with Crippen LogP contribution in [0.5, 0.6) is 0 Å². The van der Waals surface area contributed by atoms with Gasteiger partial charge in [-0.2, -0.15) is 0 Å². The number of hydrogen-bond acceptors (Lipinski definition) is 4. The molecule has 1 aliphatic carbocycles. The lowest BCUT2D eigenvalue weighted by atomic mass is 10.0. The van der Waals surface area contributed by atoms with Crippen LogP contribution in [0.1, 0.15) is 30.8 Å². The second-order valence-corrected chi connectivity index (χ2v) is 4.67. The van der Waals surface area contributed by atoms with Crippen molar-refractivity contribution in [2.45, 2.75) is 32.7 Å². The van der Waals surface area contributed by atoms with Gasteiger partial charge in [0.05, 0.1) is 5.69 Å². The van der Waals surface area contributed by atoms with Gasteiger partial charge in [-0.3, -0.25) is 0 Å². The lowest BCUT2D eigenvalue weighted by Crippen LogP contribution is -2.24. The molecule has 0 radical (unpaired) electrons. The number of nitrogens with zero attached hydrogens (tertiary/aromatic N) is 2. The molecule has 1 aliphatic rings. The minimum atomic E-state index is 0.300. The molecule has 16 heavy (non-hydrogen) atoms. The Bertz CT molecular complexity index is 350. The summed E-state index contributed by atoms with van der Waals surface area (Å²) in [7, 11) is 0. The summed E-state index contributed by atoms with van der Waals surface area (Å²) in [6.07, 6.45) is 5.19. The van der Waals surface area contributed by atoms with E-state index >= 15 is 0 Å². The molecule has 88 valence electrons. The SMILES string of the molecule is Cc1nccc(CNCC2(CCO)CC2)n1. The minimum Gasteiger partial charge on any atom is -0.396 e. The first-order chi connectivity index (χ1) is 7.74. The molecule has 0 atom stereocenters. The molecule has 0 saturated heterocycles. The van der Waals surface area contributed by atoms with Crippen LogP contribution in [0.2, 0.25) is 0 Å². The van der Waals surface area contributed by atoms with Crippen LogP contribution in [0.15, 0.2) is 12.3 Å². The van der Waals surface area contributed by atoms with E-state index in [1.807, 2.05) is 13.0 Å². The molecule has 0 bridgehead atoms. The van der Waals surface area contributed by atoms with E-state index in [0.29, 0.717) is 12.0 Å². The molecule has 2 rings (SSSR count). The van der Waals surface area contributed by atoms with Gasteiger partial charge in [-0.1, -0.05) is 0 Å². The second kappa shape index (κ2) is 4.89. The molecule has 4 heteroatoms. The lowest BCUT2D eigenvalue weighted by Gasteiger charge is -2.14. The van der Waals surface area contributed by atoms with Gasteiger partial charge in [-0.15, -0.1) is 0 Å². The summed E-state index contributed by atoms with van der Waals surface area (Å²) in [5.74, 6) is 0.816. The average Bonchev–Trinajstić information content (AvgIpc) is 2.99. The summed E-state index contributed by atoms with van der Waals surface area (Å²) in [4.78, 5) is 8.40. The summed E-state index contributed by atoms with van der Waals surface area (Å²) >= 11 is 0. The third-order valence-corrected chi connectivity index (χ3v) is 3.24. The quantitative estimate of drug-likeness (QED) is 0.753. The monoisotopic (exact) mass is 221 g/mol. The number of rotatable bonds is 6. The van der Waals surface area contributed by atoms with Gasteiger partial charge < -0.3 is 10.4 Å². The third kappa shape index (κ3) is 3.00. The Hall–Kier alpha value is -1.00. The molecular weight excluding hydrogens is 202 g/mol. The van der Waals surface area contributed by atoms with Gasteiger partial charge in [0.15, 0.2) is 0 Å². The Balaban J connectivity index is 1.76. The van der Waals surface area contributed by atoms with Gasteiger partial charge >= 0.3 is 0 Å². The molecule has 0 spiro atoms. The van der Waals surface area contributed by atoms with E-state index in [4.69, 9.17) is 5.11 Å². The fraction of sp³-hybridized carbons (Fsp3) is 0.667. The third-order valence-electron chi connectivity index (χ3n) is 3.24. The summed E-state index contributed by atoms with van der Waals surface area (Å²) in [6.45, 7) is 3.97. The fourth-order valence-corrected chi connectivity index (χ4v) is 1.99. The zero-order valence-electron chi connectivity index (χ0n) is 9.74. The van der Waals surface area contributed by atoms with E-state index in [1.54, 1.807) is 6.20 Å². The number of hydrogen-bond donors (Lipinski definition) is 2. The maximum absolute atomic E-state index is 8.95. The van der Waals surface area contributed by atoms with Gasteiger partial charge in [-0.25, -0.2) is 9.97 Å². The van der Waals surface area contributed by atoms with Crippen LogP contribution in [-0.2, 0) is 6.54 Å². The van der Waals surface area contributed by atoms with Gasteiger partial charge in [0.25, 0.3) is 0 Å². The first kappa shape index (κ1) is 11.5. The van der Waals surface area contributed by atoms with E-state index < -0.39 is 0 Å². The van der Waals surface area contributed by atoms with Crippen molar-refractivity contribution in [2.75, 3.05) is 13.2 Å². The minimum absolute atomic E-state index is 0.300. The first-order valence-electron chi connectivity index (χ1n) is 5.84. The maximum atomic E-state index is 8.95. The number of nitrogens with one attached hydrogen (secondary N) is 1. The molecule has 1 aromatic rings. The van der Waals surface area contributed by atoms with Crippen molar-refractivity contribution in [3.63, 3.8) is 0 Å². The Kier molecular flexibility index (Phi) is 3.51. The van der Waals surface area contributed by atoms with Crippen molar-refractivity contribution in [1.29, 1.82) is 0 Å². The maximum Gasteiger partial charge on any atom is 0.125 e. The van der Waals surface area contributed by atoms with Crippen LogP contribution >= 0.6 is 0 Å². The summed E-state index contributed by atoms with van der Waals surface area (Å²) < 4.78 is 0. The molecular formula is C12H19N3O. The van der Waals surface area contributed by atoms with E-state index in [0.717, 1.165) is 31.0 Å². The van der Waals surface area contributed by atoms with Crippen molar-refractivity contribution in [3.05, 3.63) is 23.8 Å². The fourth-order valence-electron chi connectivity index (χ4n) is 1.99. The second-order valence-electron chi connectivity index (χ2n) is 4.67. The van der Waals surface area contributed by atoms with Crippen LogP contribution < -0.4 is 5.32 Å². The molecule has 0 aromatic carbocycles. The number of aromatic nitrogens is 2. The smallest absolute Gasteiger partial charge is 0.125 e. The Morgan fingerprint density at radius 1 is 1.50 bits per heavy atom. The normalized spacial score (nSPS) is 17.4. The van der Waals surface area contributed by atoms with Crippen LogP contribution in [-0.4, -0.2) is 28.2 Å². The van der Waals surface area contributed by atoms with Crippen molar-refractivity contribution >= 4 is 0 Å². The zero-order valence-corrected chi connectivity index (χ0v) is 9.74. The number of aliphatic hydroxyl groups excluding tert-OH is 1. The topological polar surface area (TPSA) is 58.0 Å². The Labute approximate surface area is 96.1 Å². The molecule has 0 amide bonds. The van der Waals surface area contributed by atoms with E-state index in [1.165, 1.54) is 12.8 Å². The molecule has 1 aromatic heterocycles. The van der Waals surface area contributed by atoms with Crippen LogP contribution in [0.25, 0.3) is 0 Å². The lowest BCUT2D eigenvalue weighted by molar-refractivity contribution is 0.245. The zero-order chi connectivity index (χ0) is 11.4. The number of aryl methyl sites for hydroxylation is 1. The standard InChI is InChI=1S/C12H19N3O/c1-10-14-6-2-11(15-10)8-13-9-12(3-4-12)5-7-16/h2,6,13,16H,3-5,7-9H2,1H3. The average molecular weight is 221 g/mol. The Morgan fingerprint density at radius 2 is 2.31 bits per heavy atom. The highest BCUT2D eigenvalue weighted by atomic mass is 16.3. The molecule has 1 saturated carbocycles. The Morgan fingerprint density at radius 3 is 2.94 bits per heavy atom. The van der Waals surface area contributed by atoms with Crippen LogP contribution in [0.4, 0.5) is 0 Å².